The van der Waals surface area contributed by atoms with Crippen molar-refractivity contribution in [1.82, 2.24) is 16.0 Å². The third kappa shape index (κ3) is 6.92. The van der Waals surface area contributed by atoms with Crippen molar-refractivity contribution in [2.24, 2.45) is 0 Å². The van der Waals surface area contributed by atoms with E-state index in [0.29, 0.717) is 28.3 Å². The third-order valence-corrected chi connectivity index (χ3v) is 6.19. The summed E-state index contributed by atoms with van der Waals surface area (Å²) in [5.74, 6) is -1.19. The number of methoxy groups -OCH3 is 2. The number of fused-ring (bicyclic) bond motifs is 1. The molecule has 0 spiro atoms. The van der Waals surface area contributed by atoms with Gasteiger partial charge in [-0.15, -0.1) is 0 Å². The van der Waals surface area contributed by atoms with Gasteiger partial charge in [-0.3, -0.25) is 14.4 Å². The van der Waals surface area contributed by atoms with Crippen molar-refractivity contribution in [1.29, 1.82) is 0 Å². The molecule has 1 atom stereocenters. The SMILES string of the molecule is COc1cc2cc(C(=O)NC[C@H](NC(=O)c3ccc(N)cc3)C(=O)NCc3ccc(N)cc3)c(=O)oc2cc1OC. The van der Waals surface area contributed by atoms with E-state index in [4.69, 9.17) is 25.4 Å². The van der Waals surface area contributed by atoms with Gasteiger partial charge in [0.05, 0.1) is 14.2 Å². The molecule has 7 N–H and O–H groups in total. The van der Waals surface area contributed by atoms with E-state index in [-0.39, 0.29) is 29.8 Å². The lowest BCUT2D eigenvalue weighted by atomic mass is 10.1. The smallest absolute Gasteiger partial charge is 0.349 e. The van der Waals surface area contributed by atoms with Crippen LogP contribution in [0.4, 0.5) is 11.4 Å². The monoisotopic (exact) mass is 559 g/mol. The predicted octanol–water partition coefficient (Wildman–Crippen LogP) is 1.82. The first kappa shape index (κ1) is 28.5. The molecule has 0 aliphatic heterocycles. The summed E-state index contributed by atoms with van der Waals surface area (Å²) >= 11 is 0. The van der Waals surface area contributed by atoms with Crippen molar-refractivity contribution in [3.05, 3.63) is 93.8 Å². The maximum atomic E-state index is 13.1. The van der Waals surface area contributed by atoms with Crippen molar-refractivity contribution in [3.8, 4) is 11.5 Å². The van der Waals surface area contributed by atoms with Crippen molar-refractivity contribution in [2.45, 2.75) is 12.6 Å². The molecule has 0 saturated carbocycles. The lowest BCUT2D eigenvalue weighted by molar-refractivity contribution is -0.123. The number of nitrogens with two attached hydrogens (primary N) is 2. The Morgan fingerprint density at radius 3 is 2.07 bits per heavy atom. The lowest BCUT2D eigenvalue weighted by Crippen LogP contribution is -2.52. The number of carbonyl (C=O) groups is 3. The molecule has 12 nitrogen and oxygen atoms in total. The van der Waals surface area contributed by atoms with Gasteiger partial charge in [0.1, 0.15) is 17.2 Å². The number of ether oxygens (including phenoxy) is 2. The summed E-state index contributed by atoms with van der Waals surface area (Å²) in [4.78, 5) is 51.6. The van der Waals surface area contributed by atoms with Crippen LogP contribution >= 0.6 is 0 Å². The van der Waals surface area contributed by atoms with Crippen LogP contribution in [0.5, 0.6) is 11.5 Å². The minimum absolute atomic E-state index is 0.154. The van der Waals surface area contributed by atoms with Gasteiger partial charge >= 0.3 is 5.63 Å². The van der Waals surface area contributed by atoms with E-state index in [1.165, 1.54) is 38.5 Å². The van der Waals surface area contributed by atoms with Crippen LogP contribution in [0.1, 0.15) is 26.3 Å². The molecule has 0 aliphatic carbocycles. The average Bonchev–Trinajstić information content (AvgIpc) is 2.97. The molecule has 4 aromatic rings. The zero-order valence-electron chi connectivity index (χ0n) is 22.4. The molecule has 0 bridgehead atoms. The number of hydrogen-bond acceptors (Lipinski definition) is 9. The van der Waals surface area contributed by atoms with E-state index in [0.717, 1.165) is 5.56 Å². The highest BCUT2D eigenvalue weighted by molar-refractivity contribution is 5.99. The molecule has 3 amide bonds. The quantitative estimate of drug-likeness (QED) is 0.143. The van der Waals surface area contributed by atoms with Crippen LogP contribution in [-0.4, -0.2) is 44.5 Å². The number of benzene rings is 3. The number of amides is 3. The summed E-state index contributed by atoms with van der Waals surface area (Å²) in [5, 5.41) is 8.31. The summed E-state index contributed by atoms with van der Waals surface area (Å²) in [6.07, 6.45) is 0. The number of hydrogen-bond donors (Lipinski definition) is 5. The maximum Gasteiger partial charge on any atom is 0.349 e. The van der Waals surface area contributed by atoms with Crippen molar-refractivity contribution < 1.29 is 28.3 Å². The molecule has 3 aromatic carbocycles. The fourth-order valence-corrected chi connectivity index (χ4v) is 3.93. The highest BCUT2D eigenvalue weighted by Gasteiger charge is 2.24. The van der Waals surface area contributed by atoms with Gasteiger partial charge in [0.15, 0.2) is 11.5 Å². The van der Waals surface area contributed by atoms with Crippen LogP contribution in [-0.2, 0) is 11.3 Å². The standard InChI is InChI=1S/C29H29N5O7/c1-39-24-12-18-11-21(29(38)41-23(18)13-25(24)40-2)27(36)33-15-22(34-26(35)17-5-9-20(31)10-6-17)28(37)32-14-16-3-7-19(30)8-4-16/h3-13,22H,14-15,30-31H2,1-2H3,(H,32,37)(H,33,36)(H,34,35)/t22-/m0/s1. The van der Waals surface area contributed by atoms with E-state index in [1.807, 2.05) is 0 Å². The van der Waals surface area contributed by atoms with Gasteiger partial charge in [-0.2, -0.15) is 0 Å². The van der Waals surface area contributed by atoms with Crippen LogP contribution in [0, 0.1) is 0 Å². The van der Waals surface area contributed by atoms with E-state index in [2.05, 4.69) is 16.0 Å². The van der Waals surface area contributed by atoms with E-state index in [9.17, 15) is 19.2 Å². The molecular formula is C29H29N5O7. The molecule has 1 heterocycles. The Labute approximate surface area is 234 Å². The molecule has 212 valence electrons. The number of nitrogen functional groups attached to an aromatic ring is 2. The highest BCUT2D eigenvalue weighted by atomic mass is 16.5. The summed E-state index contributed by atoms with van der Waals surface area (Å²) in [7, 11) is 2.89. The summed E-state index contributed by atoms with van der Waals surface area (Å²) in [5.41, 5.74) is 12.5. The Kier molecular flexibility index (Phi) is 8.72. The molecule has 12 heteroatoms. The summed E-state index contributed by atoms with van der Waals surface area (Å²) in [6.45, 7) is -0.169. The zero-order valence-corrected chi connectivity index (χ0v) is 22.4. The molecule has 0 radical (unpaired) electrons. The minimum Gasteiger partial charge on any atom is -0.493 e. The van der Waals surface area contributed by atoms with Crippen LogP contribution < -0.4 is 42.5 Å². The van der Waals surface area contributed by atoms with Crippen molar-refractivity contribution in [2.75, 3.05) is 32.2 Å². The third-order valence-electron chi connectivity index (χ3n) is 6.19. The molecule has 41 heavy (non-hydrogen) atoms. The topological polar surface area (TPSA) is 188 Å². The first-order chi connectivity index (χ1) is 19.7. The second-order valence-corrected chi connectivity index (χ2v) is 9.01. The van der Waals surface area contributed by atoms with Gasteiger partial charge < -0.3 is 41.3 Å². The van der Waals surface area contributed by atoms with E-state index >= 15 is 0 Å². The lowest BCUT2D eigenvalue weighted by Gasteiger charge is -2.19. The highest BCUT2D eigenvalue weighted by Crippen LogP contribution is 2.31. The van der Waals surface area contributed by atoms with Crippen molar-refractivity contribution in [3.63, 3.8) is 0 Å². The van der Waals surface area contributed by atoms with E-state index < -0.39 is 29.4 Å². The number of nitrogens with one attached hydrogen (secondary N) is 3. The van der Waals surface area contributed by atoms with Crippen LogP contribution in [0.3, 0.4) is 0 Å². The average molecular weight is 560 g/mol. The Balaban J connectivity index is 1.52. The normalized spacial score (nSPS) is 11.4. The Morgan fingerprint density at radius 2 is 1.44 bits per heavy atom. The van der Waals surface area contributed by atoms with Gasteiger partial charge in [0, 0.05) is 41.5 Å². The molecule has 1 aromatic heterocycles. The Hall–Kier alpha value is -5.52. The fraction of sp³-hybridized carbons (Fsp3) is 0.172. The van der Waals surface area contributed by atoms with Crippen LogP contribution in [0.25, 0.3) is 11.0 Å². The number of rotatable bonds is 10. The molecular weight excluding hydrogens is 530 g/mol. The van der Waals surface area contributed by atoms with Gasteiger partial charge in [0.25, 0.3) is 11.8 Å². The number of anilines is 2. The van der Waals surface area contributed by atoms with Gasteiger partial charge in [-0.05, 0) is 54.1 Å². The minimum atomic E-state index is -1.19. The molecule has 0 fully saturated rings. The zero-order chi connectivity index (χ0) is 29.5. The molecule has 0 aliphatic rings. The largest absolute Gasteiger partial charge is 0.493 e. The van der Waals surface area contributed by atoms with Gasteiger partial charge in [-0.25, -0.2) is 4.79 Å². The van der Waals surface area contributed by atoms with Crippen LogP contribution in [0.15, 0.2) is 75.9 Å². The summed E-state index contributed by atoms with van der Waals surface area (Å²) in [6, 6.07) is 16.2. The van der Waals surface area contributed by atoms with Gasteiger partial charge in [0.2, 0.25) is 5.91 Å². The van der Waals surface area contributed by atoms with Crippen LogP contribution in [0.2, 0.25) is 0 Å². The Morgan fingerprint density at radius 1 is 0.829 bits per heavy atom. The second-order valence-electron chi connectivity index (χ2n) is 9.01. The Bertz CT molecular complexity index is 1630. The maximum absolute atomic E-state index is 13.1. The van der Waals surface area contributed by atoms with Crippen molar-refractivity contribution >= 4 is 40.1 Å². The fourth-order valence-electron chi connectivity index (χ4n) is 3.93. The second kappa shape index (κ2) is 12.6. The molecule has 4 rings (SSSR count). The summed E-state index contributed by atoms with van der Waals surface area (Å²) < 4.78 is 15.8. The van der Waals surface area contributed by atoms with E-state index in [1.54, 1.807) is 42.5 Å². The first-order valence-corrected chi connectivity index (χ1v) is 12.4. The molecule has 0 saturated heterocycles. The number of carbonyl (C=O) groups excluding carboxylic acids is 3. The molecule has 0 unspecified atom stereocenters. The predicted molar refractivity (Wildman–Crippen MR) is 153 cm³/mol. The first-order valence-electron chi connectivity index (χ1n) is 12.4. The van der Waals surface area contributed by atoms with Gasteiger partial charge in [-0.1, -0.05) is 12.1 Å².